The van der Waals surface area contributed by atoms with E-state index in [9.17, 15) is 24.0 Å². The van der Waals surface area contributed by atoms with Crippen LogP contribution in [0.5, 0.6) is 5.75 Å². The number of hydrogen-bond donors (Lipinski definition) is 2. The number of amides is 5. The van der Waals surface area contributed by atoms with Gasteiger partial charge in [-0.25, -0.2) is 4.85 Å². The Hall–Kier alpha value is -5.25. The Morgan fingerprint density at radius 1 is 0.906 bits per heavy atom. The average Bonchev–Trinajstić information content (AvgIpc) is 3.83. The molecule has 0 spiro atoms. The first kappa shape index (κ1) is 34.8. The maximum Gasteiger partial charge on any atom is 0.262 e. The number of fused-ring (bicyclic) bond motifs is 2. The third-order valence-electron chi connectivity index (χ3n) is 11.2. The number of nitrogens with one attached hydrogen (secondary N) is 2. The minimum atomic E-state index is -0.962. The Morgan fingerprint density at radius 3 is 2.25 bits per heavy atom. The van der Waals surface area contributed by atoms with Gasteiger partial charge in [-0.1, -0.05) is 17.7 Å². The first-order chi connectivity index (χ1) is 25.6. The van der Waals surface area contributed by atoms with Gasteiger partial charge in [-0.05, 0) is 97.7 Å². The van der Waals surface area contributed by atoms with E-state index in [1.54, 1.807) is 18.2 Å². The van der Waals surface area contributed by atoms with E-state index in [0.717, 1.165) is 67.0 Å². The summed E-state index contributed by atoms with van der Waals surface area (Å²) >= 11 is 6.15. The van der Waals surface area contributed by atoms with Crippen molar-refractivity contribution in [2.24, 2.45) is 5.92 Å². The lowest BCUT2D eigenvalue weighted by Crippen LogP contribution is -2.54. The molecule has 3 aromatic rings. The van der Waals surface area contributed by atoms with E-state index in [0.29, 0.717) is 58.6 Å². The summed E-state index contributed by atoms with van der Waals surface area (Å²) < 4.78 is 6.07. The van der Waals surface area contributed by atoms with Gasteiger partial charge >= 0.3 is 0 Å². The summed E-state index contributed by atoms with van der Waals surface area (Å²) in [6, 6.07) is 15.6. The van der Waals surface area contributed by atoms with Gasteiger partial charge in [0.15, 0.2) is 0 Å². The van der Waals surface area contributed by atoms with E-state index < -0.39 is 23.8 Å². The molecule has 2 saturated heterocycles. The van der Waals surface area contributed by atoms with Crippen LogP contribution in [0.2, 0.25) is 5.02 Å². The minimum absolute atomic E-state index is 0.0220. The summed E-state index contributed by atoms with van der Waals surface area (Å²) in [4.78, 5) is 72.8. The van der Waals surface area contributed by atoms with Crippen LogP contribution in [0.4, 0.5) is 11.4 Å². The van der Waals surface area contributed by atoms with Gasteiger partial charge in [-0.3, -0.25) is 39.1 Å². The number of benzene rings is 3. The van der Waals surface area contributed by atoms with E-state index in [2.05, 4.69) is 25.3 Å². The first-order valence-electron chi connectivity index (χ1n) is 18.2. The van der Waals surface area contributed by atoms with Crippen molar-refractivity contribution in [3.63, 3.8) is 0 Å². The lowest BCUT2D eigenvalue weighted by atomic mass is 9.95. The number of nitrogens with zero attached hydrogens (tertiary/aromatic N) is 4. The Labute approximate surface area is 312 Å². The highest BCUT2D eigenvalue weighted by molar-refractivity contribution is 6.33. The number of halogens is 1. The van der Waals surface area contributed by atoms with E-state index in [4.69, 9.17) is 22.9 Å². The fraction of sp³-hybridized carbons (Fsp3) is 0.400. The van der Waals surface area contributed by atoms with Gasteiger partial charge < -0.3 is 15.0 Å². The zero-order chi connectivity index (χ0) is 36.8. The van der Waals surface area contributed by atoms with Gasteiger partial charge in [0.25, 0.3) is 17.7 Å². The molecule has 272 valence electrons. The molecule has 0 aromatic heterocycles. The van der Waals surface area contributed by atoms with Gasteiger partial charge in [0.1, 0.15) is 17.9 Å². The summed E-state index contributed by atoms with van der Waals surface area (Å²) in [5, 5.41) is 5.77. The van der Waals surface area contributed by atoms with Crippen molar-refractivity contribution in [1.29, 1.82) is 0 Å². The fourth-order valence-electron chi connectivity index (χ4n) is 8.42. The molecule has 53 heavy (non-hydrogen) atoms. The van der Waals surface area contributed by atoms with Crippen molar-refractivity contribution >= 4 is 52.5 Å². The topological polar surface area (TPSA) is 133 Å². The number of ether oxygens (including phenoxy) is 1. The monoisotopic (exact) mass is 734 g/mol. The van der Waals surface area contributed by atoms with Crippen molar-refractivity contribution in [2.45, 2.75) is 76.2 Å². The Balaban J connectivity index is 0.793. The minimum Gasteiger partial charge on any atom is -0.490 e. The summed E-state index contributed by atoms with van der Waals surface area (Å²) in [7, 11) is 0. The molecule has 13 heteroatoms. The van der Waals surface area contributed by atoms with Crippen LogP contribution < -0.4 is 20.3 Å². The molecule has 3 fully saturated rings. The third-order valence-corrected chi connectivity index (χ3v) is 11.5. The molecule has 1 saturated carbocycles. The predicted octanol–water partition coefficient (Wildman–Crippen LogP) is 5.25. The number of carbonyl (C=O) groups excluding carboxylic acids is 5. The molecule has 2 N–H and O–H groups in total. The summed E-state index contributed by atoms with van der Waals surface area (Å²) in [6.45, 7) is 11.3. The molecule has 5 amide bonds. The zero-order valence-corrected chi connectivity index (χ0v) is 29.9. The molecular weight excluding hydrogens is 696 g/mol. The van der Waals surface area contributed by atoms with Crippen LogP contribution in [0.25, 0.3) is 4.85 Å². The van der Waals surface area contributed by atoms with Gasteiger partial charge in [0.2, 0.25) is 17.5 Å². The highest BCUT2D eigenvalue weighted by atomic mass is 35.5. The number of imide groups is 2. The number of rotatable bonds is 8. The van der Waals surface area contributed by atoms with Gasteiger partial charge in [0, 0.05) is 62.9 Å². The molecule has 4 heterocycles. The lowest BCUT2D eigenvalue weighted by molar-refractivity contribution is -0.136. The van der Waals surface area contributed by atoms with Crippen molar-refractivity contribution in [3.8, 4) is 5.75 Å². The highest BCUT2D eigenvalue weighted by Gasteiger charge is 2.45. The number of carbonyl (C=O) groups is 5. The average molecular weight is 735 g/mol. The van der Waals surface area contributed by atoms with Crippen LogP contribution in [-0.2, 0) is 22.7 Å². The largest absolute Gasteiger partial charge is 0.490 e. The van der Waals surface area contributed by atoms with Crippen molar-refractivity contribution in [3.05, 3.63) is 98.9 Å². The molecule has 1 unspecified atom stereocenters. The second-order valence-corrected chi connectivity index (χ2v) is 15.1. The number of hydrogen-bond acceptors (Lipinski definition) is 8. The van der Waals surface area contributed by atoms with E-state index in [1.807, 2.05) is 36.4 Å². The normalized spacial score (nSPS) is 23.1. The molecule has 0 radical (unpaired) electrons. The summed E-state index contributed by atoms with van der Waals surface area (Å²) in [5.74, 6) is -0.883. The standard InChI is InChI=1S/C40H39ClN6O6/c1-42-34-9-8-30(19-33(34)41)53-29-7-4-27(18-29)43-37(49)24-2-5-28(6-3-24)46-14-12-23(13-15-46)20-45-21-25-16-31-32(17-26(25)22-45)40(52)47(39(31)51)35-10-11-36(48)44-38(35)50/h2-3,5-6,8-9,16-17,19,23,27,29,35H,4,7,10-15,18,20-22H2,(H,43,49)(H,44,48,50)/t27-,29+,35?/m0/s1. The van der Waals surface area contributed by atoms with Crippen LogP contribution >= 0.6 is 11.6 Å². The van der Waals surface area contributed by atoms with Crippen molar-refractivity contribution < 1.29 is 28.7 Å². The van der Waals surface area contributed by atoms with Crippen LogP contribution in [0, 0.1) is 12.5 Å². The Kier molecular flexibility index (Phi) is 9.39. The molecule has 3 aromatic carbocycles. The number of piperidine rings is 2. The summed E-state index contributed by atoms with van der Waals surface area (Å²) in [5.41, 5.74) is 4.86. The van der Waals surface area contributed by atoms with E-state index >= 15 is 0 Å². The van der Waals surface area contributed by atoms with Crippen molar-refractivity contribution in [1.82, 2.24) is 20.4 Å². The number of anilines is 1. The van der Waals surface area contributed by atoms with Crippen LogP contribution in [-0.4, -0.2) is 77.2 Å². The van der Waals surface area contributed by atoms with Crippen molar-refractivity contribution in [2.75, 3.05) is 24.5 Å². The first-order valence-corrected chi connectivity index (χ1v) is 18.6. The molecule has 8 rings (SSSR count). The van der Waals surface area contributed by atoms with Gasteiger partial charge in [-0.15, -0.1) is 0 Å². The Morgan fingerprint density at radius 2 is 1.60 bits per heavy atom. The molecule has 1 aliphatic carbocycles. The maximum atomic E-state index is 13.3. The molecular formula is C40H39ClN6O6. The molecule has 4 aliphatic heterocycles. The van der Waals surface area contributed by atoms with Crippen LogP contribution in [0.15, 0.2) is 54.6 Å². The molecule has 5 aliphatic rings. The van der Waals surface area contributed by atoms with Gasteiger partial charge in [-0.2, -0.15) is 0 Å². The second kappa shape index (κ2) is 14.3. The highest BCUT2D eigenvalue weighted by Crippen LogP contribution is 2.35. The maximum absolute atomic E-state index is 13.3. The molecule has 0 bridgehead atoms. The zero-order valence-electron chi connectivity index (χ0n) is 29.1. The van der Waals surface area contributed by atoms with E-state index in [-0.39, 0.29) is 36.8 Å². The lowest BCUT2D eigenvalue weighted by Gasteiger charge is -2.35. The molecule has 3 atom stereocenters. The predicted molar refractivity (Wildman–Crippen MR) is 196 cm³/mol. The van der Waals surface area contributed by atoms with Crippen LogP contribution in [0.3, 0.4) is 0 Å². The van der Waals surface area contributed by atoms with E-state index in [1.165, 1.54) is 0 Å². The second-order valence-electron chi connectivity index (χ2n) is 14.7. The summed E-state index contributed by atoms with van der Waals surface area (Å²) in [6.07, 6.45) is 4.63. The van der Waals surface area contributed by atoms with Crippen LogP contribution in [0.1, 0.15) is 87.1 Å². The fourth-order valence-corrected chi connectivity index (χ4v) is 8.63. The third kappa shape index (κ3) is 6.99. The SMILES string of the molecule is [C-]#[N+]c1ccc(O[C@@H]2CC[C@H](NC(=O)c3ccc(N4CCC(CN5Cc6cc7c(cc6C5)C(=O)N(C5CCC(=O)NC5=O)C7=O)CC4)cc3)C2)cc1Cl. The smallest absolute Gasteiger partial charge is 0.262 e. The van der Waals surface area contributed by atoms with Gasteiger partial charge in [0.05, 0.1) is 22.7 Å². The quantitative estimate of drug-likeness (QED) is 0.237. The Bertz CT molecular complexity index is 2010. The molecule has 12 nitrogen and oxygen atoms in total.